The topological polar surface area (TPSA) is 77.5 Å². The van der Waals surface area contributed by atoms with Crippen LogP contribution < -0.4 is 10.1 Å². The Morgan fingerprint density at radius 3 is 2.70 bits per heavy atom. The first-order valence-electron chi connectivity index (χ1n) is 5.85. The lowest BCUT2D eigenvalue weighted by Crippen LogP contribution is -2.07. The molecule has 106 valence electrons. The Morgan fingerprint density at radius 2 is 2.15 bits per heavy atom. The van der Waals surface area contributed by atoms with Crippen LogP contribution in [0.1, 0.15) is 18.7 Å². The zero-order valence-corrected chi connectivity index (χ0v) is 12.5. The summed E-state index contributed by atoms with van der Waals surface area (Å²) in [5, 5.41) is 14.2. The molecule has 0 saturated heterocycles. The van der Waals surface area contributed by atoms with Crippen molar-refractivity contribution >= 4 is 27.3 Å². The number of ether oxygens (including phenoxy) is 1. The van der Waals surface area contributed by atoms with Crippen molar-refractivity contribution in [3.05, 3.63) is 50.9 Å². The molecule has 1 unspecified atom stereocenters. The molecule has 1 aromatic carbocycles. The lowest BCUT2D eigenvalue weighted by molar-refractivity contribution is -0.384. The van der Waals surface area contributed by atoms with Gasteiger partial charge < -0.3 is 14.5 Å². The molecule has 6 nitrogen and oxygen atoms in total. The molecule has 0 aliphatic rings. The normalized spacial score (nSPS) is 11.9. The summed E-state index contributed by atoms with van der Waals surface area (Å²) in [6, 6.07) is 8.04. The number of anilines is 1. The van der Waals surface area contributed by atoms with E-state index in [1.165, 1.54) is 13.2 Å². The van der Waals surface area contributed by atoms with Gasteiger partial charge in [0.15, 0.2) is 4.67 Å². The van der Waals surface area contributed by atoms with E-state index in [1.54, 1.807) is 24.3 Å². The van der Waals surface area contributed by atoms with Gasteiger partial charge in [0.25, 0.3) is 5.69 Å². The van der Waals surface area contributed by atoms with E-state index in [9.17, 15) is 10.1 Å². The number of benzene rings is 1. The van der Waals surface area contributed by atoms with E-state index in [0.29, 0.717) is 21.9 Å². The third kappa shape index (κ3) is 3.11. The second kappa shape index (κ2) is 5.96. The Hall–Kier alpha value is -2.02. The molecule has 0 bridgehead atoms. The van der Waals surface area contributed by atoms with Crippen molar-refractivity contribution < 1.29 is 14.1 Å². The fourth-order valence-corrected chi connectivity index (χ4v) is 2.10. The van der Waals surface area contributed by atoms with E-state index in [4.69, 9.17) is 9.15 Å². The number of hydrogen-bond donors (Lipinski definition) is 1. The first-order valence-corrected chi connectivity index (χ1v) is 6.64. The lowest BCUT2D eigenvalue weighted by Gasteiger charge is -2.13. The van der Waals surface area contributed by atoms with Crippen LogP contribution in [-0.2, 0) is 0 Å². The number of halogens is 1. The van der Waals surface area contributed by atoms with E-state index in [0.717, 1.165) is 0 Å². The summed E-state index contributed by atoms with van der Waals surface area (Å²) in [4.78, 5) is 10.6. The van der Waals surface area contributed by atoms with Gasteiger partial charge in [0.2, 0.25) is 0 Å². The summed E-state index contributed by atoms with van der Waals surface area (Å²) in [6.07, 6.45) is 0. The van der Waals surface area contributed by atoms with Crippen molar-refractivity contribution in [2.24, 2.45) is 0 Å². The van der Waals surface area contributed by atoms with Gasteiger partial charge in [0, 0.05) is 0 Å². The Balaban J connectivity index is 2.26. The van der Waals surface area contributed by atoms with Crippen molar-refractivity contribution in [1.82, 2.24) is 0 Å². The molecule has 0 aliphatic heterocycles. The van der Waals surface area contributed by atoms with Gasteiger partial charge in [-0.05, 0) is 47.1 Å². The highest BCUT2D eigenvalue weighted by Crippen LogP contribution is 2.32. The predicted octanol–water partition coefficient (Wildman–Crippen LogP) is 4.13. The predicted molar refractivity (Wildman–Crippen MR) is 78.1 cm³/mol. The standard InChI is InChI=1S/C13H13BrN2O4/c1-8(12-5-6-13(14)20-12)15-10-4-3-9(19-2)7-11(10)16(17)18/h3-8,15H,1-2H3. The molecular formula is C13H13BrN2O4. The van der Waals surface area contributed by atoms with Gasteiger partial charge in [-0.2, -0.15) is 0 Å². The lowest BCUT2D eigenvalue weighted by atomic mass is 10.2. The van der Waals surface area contributed by atoms with Crippen molar-refractivity contribution in [2.75, 3.05) is 12.4 Å². The molecule has 7 heteroatoms. The molecule has 0 amide bonds. The Labute approximate surface area is 124 Å². The average molecular weight is 341 g/mol. The summed E-state index contributed by atoms with van der Waals surface area (Å²) >= 11 is 3.22. The first-order chi connectivity index (χ1) is 9.51. The number of nitro benzene ring substituents is 1. The quantitative estimate of drug-likeness (QED) is 0.653. The largest absolute Gasteiger partial charge is 0.496 e. The minimum absolute atomic E-state index is 0.0400. The summed E-state index contributed by atoms with van der Waals surface area (Å²) in [7, 11) is 1.47. The Bertz CT molecular complexity index is 627. The number of nitro groups is 1. The summed E-state index contributed by atoms with van der Waals surface area (Å²) < 4.78 is 11.0. The molecule has 0 aliphatic carbocycles. The highest BCUT2D eigenvalue weighted by molar-refractivity contribution is 9.10. The van der Waals surface area contributed by atoms with Crippen LogP contribution in [0.4, 0.5) is 11.4 Å². The third-order valence-corrected chi connectivity index (χ3v) is 3.22. The summed E-state index contributed by atoms with van der Waals surface area (Å²) in [5.74, 6) is 1.12. The summed E-state index contributed by atoms with van der Waals surface area (Å²) in [6.45, 7) is 1.86. The van der Waals surface area contributed by atoms with E-state index in [1.807, 2.05) is 6.92 Å². The number of furan rings is 1. The number of methoxy groups -OCH3 is 1. The number of rotatable bonds is 5. The molecular weight excluding hydrogens is 328 g/mol. The SMILES string of the molecule is COc1ccc(NC(C)c2ccc(Br)o2)c([N+](=O)[O-])c1. The summed E-state index contributed by atoms with van der Waals surface area (Å²) in [5.41, 5.74) is 0.373. The Kier molecular flexibility index (Phi) is 4.29. The van der Waals surface area contributed by atoms with E-state index in [2.05, 4.69) is 21.2 Å². The fraction of sp³-hybridized carbons (Fsp3) is 0.231. The van der Waals surface area contributed by atoms with Gasteiger partial charge in [-0.1, -0.05) is 0 Å². The molecule has 2 rings (SSSR count). The van der Waals surface area contributed by atoms with Crippen molar-refractivity contribution in [3.8, 4) is 5.75 Å². The minimum Gasteiger partial charge on any atom is -0.496 e. The first kappa shape index (κ1) is 14.4. The van der Waals surface area contributed by atoms with Gasteiger partial charge in [-0.3, -0.25) is 10.1 Å². The van der Waals surface area contributed by atoms with Gasteiger partial charge in [0.1, 0.15) is 17.2 Å². The van der Waals surface area contributed by atoms with Crippen LogP contribution >= 0.6 is 15.9 Å². The van der Waals surface area contributed by atoms with Crippen LogP contribution in [0.25, 0.3) is 0 Å². The average Bonchev–Trinajstić information content (AvgIpc) is 2.85. The smallest absolute Gasteiger partial charge is 0.296 e. The fourth-order valence-electron chi connectivity index (χ4n) is 1.78. The van der Waals surface area contributed by atoms with Crippen LogP contribution in [0.15, 0.2) is 39.4 Å². The van der Waals surface area contributed by atoms with E-state index < -0.39 is 4.92 Å². The van der Waals surface area contributed by atoms with Crippen molar-refractivity contribution in [1.29, 1.82) is 0 Å². The third-order valence-electron chi connectivity index (χ3n) is 2.79. The number of nitrogens with zero attached hydrogens (tertiary/aromatic N) is 1. The van der Waals surface area contributed by atoms with Crippen molar-refractivity contribution in [3.63, 3.8) is 0 Å². The molecule has 20 heavy (non-hydrogen) atoms. The van der Waals surface area contributed by atoms with Crippen LogP contribution in [0.2, 0.25) is 0 Å². The zero-order valence-electron chi connectivity index (χ0n) is 10.9. The molecule has 0 saturated carbocycles. The van der Waals surface area contributed by atoms with Crippen LogP contribution in [0, 0.1) is 10.1 Å². The maximum atomic E-state index is 11.1. The molecule has 1 aromatic heterocycles. The molecule has 0 spiro atoms. The molecule has 0 fully saturated rings. The molecule has 1 heterocycles. The molecule has 1 N–H and O–H groups in total. The zero-order chi connectivity index (χ0) is 14.7. The number of hydrogen-bond acceptors (Lipinski definition) is 5. The highest BCUT2D eigenvalue weighted by Gasteiger charge is 2.18. The molecule has 0 radical (unpaired) electrons. The van der Waals surface area contributed by atoms with E-state index >= 15 is 0 Å². The van der Waals surface area contributed by atoms with Crippen LogP contribution in [0.5, 0.6) is 5.75 Å². The van der Waals surface area contributed by atoms with Gasteiger partial charge in [-0.25, -0.2) is 0 Å². The minimum atomic E-state index is -0.449. The van der Waals surface area contributed by atoms with Gasteiger partial charge in [-0.15, -0.1) is 0 Å². The van der Waals surface area contributed by atoms with Gasteiger partial charge >= 0.3 is 0 Å². The van der Waals surface area contributed by atoms with Crippen LogP contribution in [0.3, 0.4) is 0 Å². The number of nitrogens with one attached hydrogen (secondary N) is 1. The van der Waals surface area contributed by atoms with Crippen LogP contribution in [-0.4, -0.2) is 12.0 Å². The maximum absolute atomic E-state index is 11.1. The monoisotopic (exact) mass is 340 g/mol. The van der Waals surface area contributed by atoms with Gasteiger partial charge in [0.05, 0.1) is 24.1 Å². The Morgan fingerprint density at radius 1 is 1.40 bits per heavy atom. The second-order valence-electron chi connectivity index (χ2n) is 4.15. The van der Waals surface area contributed by atoms with Crippen molar-refractivity contribution in [2.45, 2.75) is 13.0 Å². The molecule has 1 atom stereocenters. The highest BCUT2D eigenvalue weighted by atomic mass is 79.9. The molecule has 2 aromatic rings. The second-order valence-corrected chi connectivity index (χ2v) is 4.93. The van der Waals surface area contributed by atoms with E-state index in [-0.39, 0.29) is 11.7 Å². The maximum Gasteiger partial charge on any atom is 0.296 e.